The van der Waals surface area contributed by atoms with Crippen molar-refractivity contribution in [3.05, 3.63) is 86.8 Å². The van der Waals surface area contributed by atoms with Gasteiger partial charge in [-0.15, -0.1) is 0 Å². The van der Waals surface area contributed by atoms with Gasteiger partial charge in [-0.25, -0.2) is 5.43 Å². The summed E-state index contributed by atoms with van der Waals surface area (Å²) in [7, 11) is 0. The highest BCUT2D eigenvalue weighted by molar-refractivity contribution is 6.30. The van der Waals surface area contributed by atoms with Gasteiger partial charge >= 0.3 is 0 Å². The normalized spacial score (nSPS) is 14.2. The van der Waals surface area contributed by atoms with E-state index in [9.17, 15) is 9.59 Å². The topological polar surface area (TPSA) is 83.7 Å². The summed E-state index contributed by atoms with van der Waals surface area (Å²) in [6.07, 6.45) is 2.23. The molecule has 0 spiro atoms. The zero-order chi connectivity index (χ0) is 22.8. The van der Waals surface area contributed by atoms with Gasteiger partial charge in [0.25, 0.3) is 11.8 Å². The molecule has 0 saturated carbocycles. The molecule has 1 heterocycles. The Morgan fingerprint density at radius 2 is 1.66 bits per heavy atom. The number of carbonyl (C=O) groups is 2. The number of hydrogen-bond donors (Lipinski definition) is 2. The molecule has 0 aliphatic heterocycles. The van der Waals surface area contributed by atoms with E-state index in [2.05, 4.69) is 15.8 Å². The highest BCUT2D eigenvalue weighted by atomic mass is 35.5. The lowest BCUT2D eigenvalue weighted by atomic mass is 9.93. The van der Waals surface area contributed by atoms with Gasteiger partial charge in [-0.3, -0.25) is 9.59 Å². The van der Waals surface area contributed by atoms with Crippen molar-refractivity contribution < 1.29 is 14.0 Å². The Hall–Kier alpha value is -3.38. The molecular weight excluding hydrogens is 426 g/mol. The number of aryl methyl sites for hydroxylation is 3. The van der Waals surface area contributed by atoms with Crippen LogP contribution in [0.2, 0.25) is 5.02 Å². The van der Waals surface area contributed by atoms with E-state index in [1.54, 1.807) is 24.3 Å². The van der Waals surface area contributed by atoms with Gasteiger partial charge in [-0.05, 0) is 81.1 Å². The smallest absolute Gasteiger partial charge is 0.291 e. The molecule has 1 aliphatic carbocycles. The first-order valence-corrected chi connectivity index (χ1v) is 10.8. The summed E-state index contributed by atoms with van der Waals surface area (Å²) >= 11 is 5.88. The fraction of sp³-hybridized carbons (Fsp3) is 0.240. The molecule has 2 aromatic carbocycles. The van der Waals surface area contributed by atoms with E-state index in [0.717, 1.165) is 46.5 Å². The van der Waals surface area contributed by atoms with E-state index < -0.39 is 0 Å². The Kier molecular flexibility index (Phi) is 6.15. The minimum Gasteiger partial charge on any atom is -0.455 e. The van der Waals surface area contributed by atoms with Crippen LogP contribution in [-0.2, 0) is 6.42 Å². The molecule has 3 aromatic rings. The molecular formula is C25H24ClN3O3. The van der Waals surface area contributed by atoms with Crippen LogP contribution in [0.15, 0.2) is 52.0 Å². The van der Waals surface area contributed by atoms with E-state index in [4.69, 9.17) is 16.0 Å². The Morgan fingerprint density at radius 3 is 2.34 bits per heavy atom. The molecule has 32 heavy (non-hydrogen) atoms. The zero-order valence-corrected chi connectivity index (χ0v) is 19.0. The highest BCUT2D eigenvalue weighted by Crippen LogP contribution is 2.30. The van der Waals surface area contributed by atoms with Crippen molar-refractivity contribution in [2.75, 3.05) is 5.32 Å². The number of hydrazone groups is 1. The largest absolute Gasteiger partial charge is 0.455 e. The monoisotopic (exact) mass is 449 g/mol. The average molecular weight is 450 g/mol. The number of anilines is 1. The third kappa shape index (κ3) is 4.60. The molecule has 7 heteroatoms. The van der Waals surface area contributed by atoms with Crippen molar-refractivity contribution in [2.24, 2.45) is 5.10 Å². The maximum Gasteiger partial charge on any atom is 0.291 e. The molecule has 6 nitrogen and oxygen atoms in total. The molecule has 0 radical (unpaired) electrons. The Labute approximate surface area is 191 Å². The van der Waals surface area contributed by atoms with Gasteiger partial charge in [0, 0.05) is 33.8 Å². The summed E-state index contributed by atoms with van der Waals surface area (Å²) in [6, 6.07) is 12.5. The Bertz CT molecular complexity index is 1210. The molecule has 4 rings (SSSR count). The van der Waals surface area contributed by atoms with Crippen molar-refractivity contribution in [1.29, 1.82) is 0 Å². The van der Waals surface area contributed by atoms with Gasteiger partial charge in [0.05, 0.1) is 5.71 Å². The van der Waals surface area contributed by atoms with Crippen LogP contribution in [-0.4, -0.2) is 17.5 Å². The summed E-state index contributed by atoms with van der Waals surface area (Å²) in [4.78, 5) is 25.4. The maximum absolute atomic E-state index is 12.9. The second kappa shape index (κ2) is 9.01. The second-order valence-corrected chi connectivity index (χ2v) is 8.48. The summed E-state index contributed by atoms with van der Waals surface area (Å²) in [5.74, 6) is 0.369. The number of benzene rings is 2. The van der Waals surface area contributed by atoms with Crippen molar-refractivity contribution in [3.63, 3.8) is 0 Å². The predicted octanol–water partition coefficient (Wildman–Crippen LogP) is 5.58. The molecule has 0 unspecified atom stereocenters. The van der Waals surface area contributed by atoms with Crippen LogP contribution >= 0.6 is 11.6 Å². The van der Waals surface area contributed by atoms with E-state index in [1.807, 2.05) is 39.0 Å². The molecule has 0 bridgehead atoms. The van der Waals surface area contributed by atoms with Crippen molar-refractivity contribution in [1.82, 2.24) is 5.43 Å². The first-order chi connectivity index (χ1) is 15.3. The number of nitrogens with zero attached hydrogens (tertiary/aromatic N) is 1. The summed E-state index contributed by atoms with van der Waals surface area (Å²) in [5.41, 5.74) is 8.18. The third-order valence-electron chi connectivity index (χ3n) is 5.41. The maximum atomic E-state index is 12.9. The molecule has 2 N–H and O–H groups in total. The fourth-order valence-electron chi connectivity index (χ4n) is 4.02. The SMILES string of the molecule is Cc1cc(C)cc(NC(=O)c2oc3c(c2C)/C(=N/NC(=O)c2ccc(Cl)cc2)CCC3)c1. The Morgan fingerprint density at radius 1 is 0.969 bits per heavy atom. The summed E-state index contributed by atoms with van der Waals surface area (Å²) < 4.78 is 5.95. The van der Waals surface area contributed by atoms with Crippen LogP contribution in [0, 0.1) is 20.8 Å². The molecule has 164 valence electrons. The number of fused-ring (bicyclic) bond motifs is 1. The first kappa shape index (κ1) is 21.8. The second-order valence-electron chi connectivity index (χ2n) is 8.04. The zero-order valence-electron chi connectivity index (χ0n) is 18.2. The van der Waals surface area contributed by atoms with Crippen LogP contribution < -0.4 is 10.7 Å². The van der Waals surface area contributed by atoms with Gasteiger partial charge in [0.15, 0.2) is 5.76 Å². The van der Waals surface area contributed by atoms with Gasteiger partial charge in [0.2, 0.25) is 0 Å². The quantitative estimate of drug-likeness (QED) is 0.510. The van der Waals surface area contributed by atoms with Crippen LogP contribution in [0.25, 0.3) is 0 Å². The molecule has 0 atom stereocenters. The average Bonchev–Trinajstić information content (AvgIpc) is 3.09. The number of rotatable bonds is 4. The summed E-state index contributed by atoms with van der Waals surface area (Å²) in [5, 5.41) is 7.84. The van der Waals surface area contributed by atoms with E-state index in [1.165, 1.54) is 0 Å². The van der Waals surface area contributed by atoms with Gasteiger partial charge < -0.3 is 9.73 Å². The summed E-state index contributed by atoms with van der Waals surface area (Å²) in [6.45, 7) is 5.82. The van der Waals surface area contributed by atoms with Gasteiger partial charge in [-0.1, -0.05) is 17.7 Å². The minimum atomic E-state index is -0.324. The minimum absolute atomic E-state index is 0.271. The molecule has 1 aromatic heterocycles. The standard InChI is InChI=1S/C25H24ClN3O3/c1-14-11-15(2)13-19(12-14)27-25(31)23-16(3)22-20(5-4-6-21(22)32-23)28-29-24(30)17-7-9-18(26)10-8-17/h7-13H,4-6H2,1-3H3,(H,27,31)(H,29,30)/b28-20+. The van der Waals surface area contributed by atoms with E-state index in [0.29, 0.717) is 22.7 Å². The number of nitrogens with one attached hydrogen (secondary N) is 2. The molecule has 2 amide bonds. The number of carbonyl (C=O) groups excluding carboxylic acids is 2. The lowest BCUT2D eigenvalue weighted by molar-refractivity contribution is 0.0953. The van der Waals surface area contributed by atoms with Crippen LogP contribution in [0.4, 0.5) is 5.69 Å². The number of halogens is 1. The van der Waals surface area contributed by atoms with Crippen LogP contribution in [0.5, 0.6) is 0 Å². The van der Waals surface area contributed by atoms with Gasteiger partial charge in [-0.2, -0.15) is 5.10 Å². The lowest BCUT2D eigenvalue weighted by Crippen LogP contribution is -2.22. The number of furan rings is 1. The number of hydrogen-bond acceptors (Lipinski definition) is 4. The predicted molar refractivity (Wildman–Crippen MR) is 126 cm³/mol. The molecule has 0 saturated heterocycles. The fourth-order valence-corrected chi connectivity index (χ4v) is 4.14. The molecule has 0 fully saturated rings. The van der Waals surface area contributed by atoms with Crippen LogP contribution in [0.1, 0.15) is 61.8 Å². The van der Waals surface area contributed by atoms with Crippen LogP contribution in [0.3, 0.4) is 0 Å². The van der Waals surface area contributed by atoms with E-state index in [-0.39, 0.29) is 17.6 Å². The van der Waals surface area contributed by atoms with Crippen molar-refractivity contribution in [2.45, 2.75) is 40.0 Å². The van der Waals surface area contributed by atoms with Crippen molar-refractivity contribution in [3.8, 4) is 0 Å². The van der Waals surface area contributed by atoms with E-state index >= 15 is 0 Å². The Balaban J connectivity index is 1.57. The highest BCUT2D eigenvalue weighted by Gasteiger charge is 2.28. The van der Waals surface area contributed by atoms with Gasteiger partial charge in [0.1, 0.15) is 5.76 Å². The first-order valence-electron chi connectivity index (χ1n) is 10.5. The lowest BCUT2D eigenvalue weighted by Gasteiger charge is -2.13. The third-order valence-corrected chi connectivity index (χ3v) is 5.66. The molecule has 1 aliphatic rings. The number of amides is 2. The van der Waals surface area contributed by atoms with Crippen molar-refractivity contribution >= 4 is 34.8 Å².